The minimum Gasteiger partial charge on any atom is -0.492 e. The molecule has 0 bridgehead atoms. The number of hydrogen-bond donors (Lipinski definition) is 0. The van der Waals surface area contributed by atoms with Gasteiger partial charge in [-0.2, -0.15) is 0 Å². The van der Waals surface area contributed by atoms with Gasteiger partial charge in [0.15, 0.2) is 27.8 Å². The number of fused-ring (bicyclic) bond motifs is 1. The first-order valence-electron chi connectivity index (χ1n) is 12.4. The van der Waals surface area contributed by atoms with Crippen LogP contribution in [0.4, 0.5) is 0 Å². The Labute approximate surface area is 238 Å². The van der Waals surface area contributed by atoms with E-state index in [1.54, 1.807) is 25.3 Å². The van der Waals surface area contributed by atoms with Crippen LogP contribution in [0.5, 0.6) is 23.0 Å². The zero-order valence-electron chi connectivity index (χ0n) is 22.3. The molecular weight excluding hydrogens is 588 g/mol. The van der Waals surface area contributed by atoms with E-state index in [4.69, 9.17) is 23.7 Å². The Morgan fingerprint density at radius 2 is 1.72 bits per heavy atom. The van der Waals surface area contributed by atoms with Gasteiger partial charge < -0.3 is 23.7 Å². The van der Waals surface area contributed by atoms with Crippen LogP contribution in [0.3, 0.4) is 0 Å². The summed E-state index contributed by atoms with van der Waals surface area (Å²) in [6.07, 6.45) is 3.22. The summed E-state index contributed by atoms with van der Waals surface area (Å²) in [6.45, 7) is 6.99. The summed E-state index contributed by atoms with van der Waals surface area (Å²) in [6, 6.07) is 8.26. The molecule has 2 aromatic carbocycles. The zero-order valence-corrected chi connectivity index (χ0v) is 24.7. The Bertz CT molecular complexity index is 1590. The van der Waals surface area contributed by atoms with Crippen molar-refractivity contribution in [2.24, 2.45) is 4.99 Å². The molecule has 0 radical (unpaired) electrons. The van der Waals surface area contributed by atoms with Gasteiger partial charge in [-0.3, -0.25) is 9.36 Å². The first-order valence-corrected chi connectivity index (χ1v) is 14.0. The molecular formula is C28H29BrN2O7S. The van der Waals surface area contributed by atoms with Crippen LogP contribution in [0.15, 0.2) is 56.4 Å². The average Bonchev–Trinajstić information content (AvgIpc) is 3.24. The lowest BCUT2D eigenvalue weighted by Gasteiger charge is -2.23. The minimum atomic E-state index is -0.771. The quantitative estimate of drug-likeness (QED) is 0.318. The molecule has 1 aromatic heterocycles. The van der Waals surface area contributed by atoms with Crippen LogP contribution in [-0.4, -0.2) is 44.6 Å². The Morgan fingerprint density at radius 1 is 1.03 bits per heavy atom. The van der Waals surface area contributed by atoms with Crippen LogP contribution in [0.2, 0.25) is 0 Å². The molecule has 1 atom stereocenters. The van der Waals surface area contributed by atoms with Crippen molar-refractivity contribution in [3.05, 3.63) is 77.4 Å². The SMILES string of the molecule is CCOc1ccc([C@@H]2C(C(=O)OC)=CN=c3s/c(=C/c4cc(Br)c(OC)c(OCC)c4)c(=O)n32)cc1OCC. The number of aromatic nitrogens is 1. The van der Waals surface area contributed by atoms with Gasteiger partial charge in [-0.25, -0.2) is 9.79 Å². The van der Waals surface area contributed by atoms with Crippen molar-refractivity contribution < 1.29 is 28.5 Å². The maximum absolute atomic E-state index is 13.8. The third-order valence-electron chi connectivity index (χ3n) is 5.84. The second-order valence-electron chi connectivity index (χ2n) is 8.22. The highest BCUT2D eigenvalue weighted by atomic mass is 79.9. The summed E-state index contributed by atoms with van der Waals surface area (Å²) in [4.78, 5) is 31.5. The fourth-order valence-corrected chi connectivity index (χ4v) is 5.86. The molecule has 0 N–H and O–H groups in total. The third kappa shape index (κ3) is 5.74. The summed E-state index contributed by atoms with van der Waals surface area (Å²) in [5.41, 5.74) is 1.33. The molecule has 4 rings (SSSR count). The molecule has 9 nitrogen and oxygen atoms in total. The number of carbonyl (C=O) groups excluding carboxylic acids is 1. The Balaban J connectivity index is 1.90. The molecule has 1 aliphatic heterocycles. The molecule has 11 heteroatoms. The predicted octanol–water partition coefficient (Wildman–Crippen LogP) is 3.99. The molecule has 0 fully saturated rings. The number of thiazole rings is 1. The van der Waals surface area contributed by atoms with Gasteiger partial charge in [0, 0.05) is 6.20 Å². The van der Waals surface area contributed by atoms with Gasteiger partial charge in [-0.05, 0) is 78.2 Å². The van der Waals surface area contributed by atoms with Gasteiger partial charge in [-0.15, -0.1) is 0 Å². The summed E-state index contributed by atoms with van der Waals surface area (Å²) in [5.74, 6) is 1.64. The topological polar surface area (TPSA) is 97.6 Å². The van der Waals surface area contributed by atoms with E-state index in [9.17, 15) is 9.59 Å². The molecule has 0 saturated carbocycles. The summed E-state index contributed by atoms with van der Waals surface area (Å²) < 4.78 is 30.4. The molecule has 39 heavy (non-hydrogen) atoms. The van der Waals surface area contributed by atoms with Crippen molar-refractivity contribution in [3.8, 4) is 23.0 Å². The number of carbonyl (C=O) groups is 1. The Hall–Kier alpha value is -3.57. The Morgan fingerprint density at radius 3 is 2.38 bits per heavy atom. The van der Waals surface area contributed by atoms with E-state index in [2.05, 4.69) is 20.9 Å². The fourth-order valence-electron chi connectivity index (χ4n) is 4.27. The second-order valence-corrected chi connectivity index (χ2v) is 10.1. The summed E-state index contributed by atoms with van der Waals surface area (Å²) in [7, 11) is 2.86. The van der Waals surface area contributed by atoms with Crippen LogP contribution < -0.4 is 33.8 Å². The van der Waals surface area contributed by atoms with E-state index in [-0.39, 0.29) is 11.1 Å². The molecule has 206 valence electrons. The first-order chi connectivity index (χ1) is 18.9. The van der Waals surface area contributed by atoms with Crippen LogP contribution in [-0.2, 0) is 9.53 Å². The van der Waals surface area contributed by atoms with E-state index in [1.165, 1.54) is 29.2 Å². The van der Waals surface area contributed by atoms with Crippen LogP contribution in [0, 0.1) is 0 Å². The standard InChI is InChI=1S/C28H29BrN2O7S/c1-6-36-20-10-9-17(14-21(20)37-7-2)24-18(27(33)35-5)15-30-28-31(24)26(32)23(39-28)13-16-11-19(29)25(34-4)22(12-16)38-8-3/h9-15,24H,6-8H2,1-5H3/b23-13+/t24-/m1/s1. The number of ether oxygens (including phenoxy) is 5. The minimum absolute atomic E-state index is 0.230. The maximum atomic E-state index is 13.8. The average molecular weight is 618 g/mol. The van der Waals surface area contributed by atoms with E-state index in [0.29, 0.717) is 62.2 Å². The van der Waals surface area contributed by atoms with Gasteiger partial charge in [0.25, 0.3) is 5.56 Å². The van der Waals surface area contributed by atoms with Crippen molar-refractivity contribution in [3.63, 3.8) is 0 Å². The third-order valence-corrected chi connectivity index (χ3v) is 7.43. The molecule has 1 aliphatic rings. The van der Waals surface area contributed by atoms with Gasteiger partial charge in [0.1, 0.15) is 0 Å². The van der Waals surface area contributed by atoms with Gasteiger partial charge in [0.2, 0.25) is 0 Å². The van der Waals surface area contributed by atoms with E-state index in [1.807, 2.05) is 39.0 Å². The number of esters is 1. The first kappa shape index (κ1) is 28.4. The van der Waals surface area contributed by atoms with Crippen molar-refractivity contribution in [1.29, 1.82) is 0 Å². The smallest absolute Gasteiger partial charge is 0.337 e. The van der Waals surface area contributed by atoms with Gasteiger partial charge in [0.05, 0.1) is 54.7 Å². The zero-order chi connectivity index (χ0) is 28.1. The van der Waals surface area contributed by atoms with Crippen molar-refractivity contribution in [1.82, 2.24) is 4.57 Å². The highest BCUT2D eigenvalue weighted by molar-refractivity contribution is 9.10. The maximum Gasteiger partial charge on any atom is 0.337 e. The highest BCUT2D eigenvalue weighted by Gasteiger charge is 2.31. The lowest BCUT2D eigenvalue weighted by atomic mass is 9.97. The number of benzene rings is 2. The molecule has 0 unspecified atom stereocenters. The van der Waals surface area contributed by atoms with Crippen molar-refractivity contribution in [2.45, 2.75) is 26.8 Å². The summed E-state index contributed by atoms with van der Waals surface area (Å²) in [5, 5.41) is 0. The fraction of sp³-hybridized carbons (Fsp3) is 0.321. The van der Waals surface area contributed by atoms with Crippen LogP contribution in [0.1, 0.15) is 37.9 Å². The molecule has 0 amide bonds. The summed E-state index contributed by atoms with van der Waals surface area (Å²) >= 11 is 4.75. The molecule has 0 saturated heterocycles. The van der Waals surface area contributed by atoms with Crippen LogP contribution >= 0.6 is 27.3 Å². The van der Waals surface area contributed by atoms with Gasteiger partial charge >= 0.3 is 5.97 Å². The van der Waals surface area contributed by atoms with E-state index in [0.717, 1.165) is 5.56 Å². The normalized spacial score (nSPS) is 14.7. The van der Waals surface area contributed by atoms with E-state index < -0.39 is 12.0 Å². The van der Waals surface area contributed by atoms with Gasteiger partial charge in [-0.1, -0.05) is 17.4 Å². The van der Waals surface area contributed by atoms with Crippen molar-refractivity contribution >= 4 is 39.3 Å². The number of nitrogens with zero attached hydrogens (tertiary/aromatic N) is 2. The lowest BCUT2D eigenvalue weighted by Crippen LogP contribution is -2.39. The molecule has 2 heterocycles. The lowest BCUT2D eigenvalue weighted by molar-refractivity contribution is -0.136. The Kier molecular flexibility index (Phi) is 9.13. The van der Waals surface area contributed by atoms with Crippen LogP contribution in [0.25, 0.3) is 6.08 Å². The number of rotatable bonds is 10. The molecule has 0 aliphatic carbocycles. The number of hydrogen-bond acceptors (Lipinski definition) is 9. The monoisotopic (exact) mass is 616 g/mol. The predicted molar refractivity (Wildman–Crippen MR) is 152 cm³/mol. The van der Waals surface area contributed by atoms with E-state index >= 15 is 0 Å². The largest absolute Gasteiger partial charge is 0.492 e. The van der Waals surface area contributed by atoms with Crippen molar-refractivity contribution in [2.75, 3.05) is 34.0 Å². The molecule has 0 spiro atoms. The second kappa shape index (κ2) is 12.5. The molecule has 3 aromatic rings. The number of halogens is 1. The number of methoxy groups -OCH3 is 2. The highest BCUT2D eigenvalue weighted by Crippen LogP contribution is 2.37.